The molecule has 1 aliphatic rings. The van der Waals surface area contributed by atoms with Crippen molar-refractivity contribution in [1.29, 1.82) is 0 Å². The van der Waals surface area contributed by atoms with Crippen molar-refractivity contribution in [3.63, 3.8) is 0 Å². The third kappa shape index (κ3) is 3.75. The SMILES string of the molecule is CC(C)Oc1ccc(NC(=O)[C@H]2C[C@H]2C(=O)N(C)C)c(F)c1. The number of hydrogen-bond acceptors (Lipinski definition) is 3. The van der Waals surface area contributed by atoms with Crippen LogP contribution in [0.3, 0.4) is 0 Å². The van der Waals surface area contributed by atoms with E-state index < -0.39 is 5.82 Å². The van der Waals surface area contributed by atoms with Crippen LogP contribution in [0.15, 0.2) is 18.2 Å². The normalized spacial score (nSPS) is 19.7. The maximum atomic E-state index is 14.0. The number of anilines is 1. The van der Waals surface area contributed by atoms with E-state index in [1.165, 1.54) is 17.0 Å². The average molecular weight is 308 g/mol. The van der Waals surface area contributed by atoms with E-state index >= 15 is 0 Å². The number of amides is 2. The van der Waals surface area contributed by atoms with Crippen molar-refractivity contribution in [2.24, 2.45) is 11.8 Å². The molecule has 1 N–H and O–H groups in total. The molecule has 120 valence electrons. The number of ether oxygens (including phenoxy) is 1. The Morgan fingerprint density at radius 1 is 1.32 bits per heavy atom. The molecule has 0 radical (unpaired) electrons. The van der Waals surface area contributed by atoms with Crippen LogP contribution in [0.2, 0.25) is 0 Å². The maximum Gasteiger partial charge on any atom is 0.228 e. The molecular weight excluding hydrogens is 287 g/mol. The summed E-state index contributed by atoms with van der Waals surface area (Å²) in [5.41, 5.74) is 0.101. The summed E-state index contributed by atoms with van der Waals surface area (Å²) < 4.78 is 19.3. The van der Waals surface area contributed by atoms with Crippen molar-refractivity contribution in [1.82, 2.24) is 4.90 Å². The van der Waals surface area contributed by atoms with E-state index in [0.29, 0.717) is 12.2 Å². The van der Waals surface area contributed by atoms with Gasteiger partial charge in [0.15, 0.2) is 0 Å². The molecule has 5 nitrogen and oxygen atoms in total. The number of carbonyl (C=O) groups excluding carboxylic acids is 2. The number of nitrogens with one attached hydrogen (secondary N) is 1. The molecule has 1 aromatic carbocycles. The Hall–Kier alpha value is -2.11. The van der Waals surface area contributed by atoms with Crippen LogP contribution in [0.5, 0.6) is 5.75 Å². The van der Waals surface area contributed by atoms with E-state index in [1.807, 2.05) is 13.8 Å². The second-order valence-electron chi connectivity index (χ2n) is 5.98. The predicted molar refractivity (Wildman–Crippen MR) is 81.1 cm³/mol. The van der Waals surface area contributed by atoms with E-state index in [4.69, 9.17) is 4.74 Å². The van der Waals surface area contributed by atoms with Crippen LogP contribution in [0.4, 0.5) is 10.1 Å². The minimum atomic E-state index is -0.553. The molecule has 2 amide bonds. The molecule has 1 aromatic rings. The van der Waals surface area contributed by atoms with Gasteiger partial charge in [0.1, 0.15) is 11.6 Å². The largest absolute Gasteiger partial charge is 0.491 e. The molecule has 0 aliphatic heterocycles. The van der Waals surface area contributed by atoms with Gasteiger partial charge in [0.25, 0.3) is 0 Å². The number of carbonyl (C=O) groups is 2. The fourth-order valence-electron chi connectivity index (χ4n) is 2.26. The van der Waals surface area contributed by atoms with Gasteiger partial charge in [0.05, 0.1) is 23.6 Å². The van der Waals surface area contributed by atoms with Gasteiger partial charge in [-0.15, -0.1) is 0 Å². The van der Waals surface area contributed by atoms with Gasteiger partial charge in [-0.3, -0.25) is 9.59 Å². The first-order valence-electron chi connectivity index (χ1n) is 7.28. The second-order valence-corrected chi connectivity index (χ2v) is 5.98. The molecule has 1 fully saturated rings. The Labute approximate surface area is 129 Å². The number of benzene rings is 1. The van der Waals surface area contributed by atoms with Crippen molar-refractivity contribution in [3.8, 4) is 5.75 Å². The summed E-state index contributed by atoms with van der Waals surface area (Å²) in [4.78, 5) is 25.3. The second kappa shape index (κ2) is 6.34. The lowest BCUT2D eigenvalue weighted by atomic mass is 10.2. The monoisotopic (exact) mass is 308 g/mol. The molecule has 22 heavy (non-hydrogen) atoms. The highest BCUT2D eigenvalue weighted by Crippen LogP contribution is 2.40. The topological polar surface area (TPSA) is 58.6 Å². The number of rotatable bonds is 5. The highest BCUT2D eigenvalue weighted by Gasteiger charge is 2.48. The van der Waals surface area contributed by atoms with E-state index in [-0.39, 0.29) is 35.4 Å². The molecule has 0 spiro atoms. The van der Waals surface area contributed by atoms with Crippen molar-refractivity contribution >= 4 is 17.5 Å². The first-order valence-corrected chi connectivity index (χ1v) is 7.28. The molecule has 2 rings (SSSR count). The zero-order valence-electron chi connectivity index (χ0n) is 13.2. The quantitative estimate of drug-likeness (QED) is 0.908. The van der Waals surface area contributed by atoms with Gasteiger partial charge < -0.3 is 15.0 Å². The highest BCUT2D eigenvalue weighted by atomic mass is 19.1. The smallest absolute Gasteiger partial charge is 0.228 e. The first kappa shape index (κ1) is 16.3. The fraction of sp³-hybridized carbons (Fsp3) is 0.500. The Morgan fingerprint density at radius 2 is 2.00 bits per heavy atom. The van der Waals surface area contributed by atoms with Crippen molar-refractivity contribution in [2.75, 3.05) is 19.4 Å². The molecule has 1 aliphatic carbocycles. The van der Waals surface area contributed by atoms with Gasteiger partial charge in [-0.1, -0.05) is 0 Å². The van der Waals surface area contributed by atoms with Gasteiger partial charge in [-0.2, -0.15) is 0 Å². The average Bonchev–Trinajstić information content (AvgIpc) is 3.20. The molecule has 0 saturated heterocycles. The minimum absolute atomic E-state index is 0.0518. The zero-order valence-corrected chi connectivity index (χ0v) is 13.2. The van der Waals surface area contributed by atoms with E-state index in [1.54, 1.807) is 20.2 Å². The van der Waals surface area contributed by atoms with Gasteiger partial charge >= 0.3 is 0 Å². The summed E-state index contributed by atoms with van der Waals surface area (Å²) in [5, 5.41) is 2.54. The molecule has 0 unspecified atom stereocenters. The van der Waals surface area contributed by atoms with Crippen LogP contribution >= 0.6 is 0 Å². The molecule has 0 aromatic heterocycles. The summed E-state index contributed by atoms with van der Waals surface area (Å²) in [7, 11) is 3.31. The van der Waals surface area contributed by atoms with Crippen LogP contribution < -0.4 is 10.1 Å². The van der Waals surface area contributed by atoms with Gasteiger partial charge in [0.2, 0.25) is 11.8 Å². The maximum absolute atomic E-state index is 14.0. The summed E-state index contributed by atoms with van der Waals surface area (Å²) in [6, 6.07) is 4.31. The molecule has 0 bridgehead atoms. The van der Waals surface area contributed by atoms with Crippen LogP contribution in [-0.4, -0.2) is 36.9 Å². The summed E-state index contributed by atoms with van der Waals surface area (Å²) in [6.07, 6.45) is 0.461. The standard InChI is InChI=1S/C16H21FN2O3/c1-9(2)22-10-5-6-14(13(17)7-10)18-15(20)11-8-12(11)16(21)19(3)4/h5-7,9,11-12H,8H2,1-4H3,(H,18,20)/t11-,12+/m0/s1. The van der Waals surface area contributed by atoms with E-state index in [2.05, 4.69) is 5.32 Å². The summed E-state index contributed by atoms with van der Waals surface area (Å²) >= 11 is 0. The van der Waals surface area contributed by atoms with E-state index in [0.717, 1.165) is 0 Å². The fourth-order valence-corrected chi connectivity index (χ4v) is 2.26. The predicted octanol–water partition coefficient (Wildman–Crippen LogP) is 2.28. The minimum Gasteiger partial charge on any atom is -0.491 e. The van der Waals surface area contributed by atoms with Gasteiger partial charge in [-0.05, 0) is 32.4 Å². The van der Waals surface area contributed by atoms with Gasteiger partial charge in [0, 0.05) is 20.2 Å². The highest BCUT2D eigenvalue weighted by molar-refractivity contribution is 5.99. The third-order valence-electron chi connectivity index (χ3n) is 3.46. The molecule has 6 heteroatoms. The Balaban J connectivity index is 1.97. The molecule has 1 saturated carbocycles. The number of hydrogen-bond donors (Lipinski definition) is 1. The number of nitrogens with zero attached hydrogens (tertiary/aromatic N) is 1. The van der Waals surface area contributed by atoms with Crippen LogP contribution in [-0.2, 0) is 9.59 Å². The lowest BCUT2D eigenvalue weighted by Crippen LogP contribution is -2.26. The Kier molecular flexibility index (Phi) is 4.68. The third-order valence-corrected chi connectivity index (χ3v) is 3.46. The molecule has 0 heterocycles. The van der Waals surface area contributed by atoms with Crippen molar-refractivity contribution in [2.45, 2.75) is 26.4 Å². The Morgan fingerprint density at radius 3 is 2.55 bits per heavy atom. The van der Waals surface area contributed by atoms with E-state index in [9.17, 15) is 14.0 Å². The van der Waals surface area contributed by atoms with Gasteiger partial charge in [-0.25, -0.2) is 4.39 Å². The summed E-state index contributed by atoms with van der Waals surface area (Å²) in [5.74, 6) is -1.19. The lowest BCUT2D eigenvalue weighted by molar-refractivity contribution is -0.131. The lowest BCUT2D eigenvalue weighted by Gasteiger charge is -2.12. The first-order chi connectivity index (χ1) is 10.3. The number of halogens is 1. The van der Waals surface area contributed by atoms with Crippen molar-refractivity contribution in [3.05, 3.63) is 24.0 Å². The molecular formula is C16H21FN2O3. The van der Waals surface area contributed by atoms with Crippen LogP contribution in [0.1, 0.15) is 20.3 Å². The summed E-state index contributed by atoms with van der Waals surface area (Å²) in [6.45, 7) is 3.70. The van der Waals surface area contributed by atoms with Crippen LogP contribution in [0, 0.1) is 17.7 Å². The zero-order chi connectivity index (χ0) is 16.4. The Bertz CT molecular complexity index is 587. The van der Waals surface area contributed by atoms with Crippen LogP contribution in [0.25, 0.3) is 0 Å². The van der Waals surface area contributed by atoms with Crippen molar-refractivity contribution < 1.29 is 18.7 Å². The molecule has 2 atom stereocenters.